The molecule has 6 heteroatoms. The van der Waals surface area contributed by atoms with Crippen LogP contribution in [0.25, 0.3) is 10.6 Å². The van der Waals surface area contributed by atoms with Gasteiger partial charge in [0.2, 0.25) is 0 Å². The Kier molecular flexibility index (Phi) is 4.73. The number of nitrogens with zero attached hydrogens (tertiary/aromatic N) is 1. The summed E-state index contributed by atoms with van der Waals surface area (Å²) < 4.78 is 5.68. The maximum atomic E-state index is 12.2. The molecule has 1 atom stereocenters. The van der Waals surface area contributed by atoms with Crippen molar-refractivity contribution in [3.05, 3.63) is 52.7 Å². The summed E-state index contributed by atoms with van der Waals surface area (Å²) in [6, 6.07) is 11.6. The first kappa shape index (κ1) is 15.7. The van der Waals surface area contributed by atoms with Gasteiger partial charge in [-0.15, -0.1) is 22.7 Å². The minimum absolute atomic E-state index is 0.210. The van der Waals surface area contributed by atoms with E-state index in [9.17, 15) is 4.79 Å². The smallest absolute Gasteiger partial charge is 0.266 e. The highest BCUT2D eigenvalue weighted by molar-refractivity contribution is 7.16. The van der Waals surface area contributed by atoms with Crippen molar-refractivity contribution in [3.8, 4) is 16.3 Å². The number of carbonyl (C=O) groups excluding carboxylic acids is 1. The van der Waals surface area contributed by atoms with Crippen molar-refractivity contribution in [2.45, 2.75) is 20.0 Å². The predicted octanol–water partition coefficient (Wildman–Crippen LogP) is 4.59. The molecule has 1 aromatic carbocycles. The maximum Gasteiger partial charge on any atom is 0.266 e. The SMILES string of the molecule is Cc1cccc(O[C@@H](C)C(=O)Nc2nc(-c3cccs3)cs2)c1. The second kappa shape index (κ2) is 6.93. The Morgan fingerprint density at radius 3 is 2.87 bits per heavy atom. The first-order valence-electron chi connectivity index (χ1n) is 7.15. The third kappa shape index (κ3) is 3.97. The number of hydrogen-bond donors (Lipinski definition) is 1. The molecule has 0 saturated heterocycles. The van der Waals surface area contributed by atoms with Crippen LogP contribution in [0.5, 0.6) is 5.75 Å². The van der Waals surface area contributed by atoms with E-state index in [1.54, 1.807) is 18.3 Å². The quantitative estimate of drug-likeness (QED) is 0.737. The Hall–Kier alpha value is -2.18. The number of nitrogens with one attached hydrogen (secondary N) is 1. The molecule has 0 radical (unpaired) electrons. The van der Waals surface area contributed by atoms with Crippen molar-refractivity contribution < 1.29 is 9.53 Å². The third-order valence-corrected chi connectivity index (χ3v) is 4.83. The van der Waals surface area contributed by atoms with Crippen LogP contribution in [0, 0.1) is 6.92 Å². The molecule has 0 aliphatic heterocycles. The maximum absolute atomic E-state index is 12.2. The minimum atomic E-state index is -0.592. The molecular weight excluding hydrogens is 328 g/mol. The highest BCUT2D eigenvalue weighted by Gasteiger charge is 2.17. The predicted molar refractivity (Wildman–Crippen MR) is 95.3 cm³/mol. The van der Waals surface area contributed by atoms with Crippen molar-refractivity contribution in [2.75, 3.05) is 5.32 Å². The van der Waals surface area contributed by atoms with Gasteiger partial charge in [-0.25, -0.2) is 4.98 Å². The lowest BCUT2D eigenvalue weighted by Gasteiger charge is -2.14. The lowest BCUT2D eigenvalue weighted by Crippen LogP contribution is -2.30. The molecule has 2 aromatic heterocycles. The molecule has 2 heterocycles. The van der Waals surface area contributed by atoms with E-state index in [-0.39, 0.29) is 5.91 Å². The van der Waals surface area contributed by atoms with E-state index in [1.807, 2.05) is 54.1 Å². The van der Waals surface area contributed by atoms with E-state index in [2.05, 4.69) is 10.3 Å². The second-order valence-corrected chi connectivity index (χ2v) is 6.89. The van der Waals surface area contributed by atoms with Crippen molar-refractivity contribution in [1.82, 2.24) is 4.98 Å². The van der Waals surface area contributed by atoms with Gasteiger partial charge in [0.15, 0.2) is 11.2 Å². The van der Waals surface area contributed by atoms with Crippen LogP contribution in [0.1, 0.15) is 12.5 Å². The Balaban J connectivity index is 1.62. The molecule has 0 bridgehead atoms. The van der Waals surface area contributed by atoms with Gasteiger partial charge in [-0.3, -0.25) is 10.1 Å². The Bertz CT molecular complexity index is 797. The number of aromatic nitrogens is 1. The number of rotatable bonds is 5. The van der Waals surface area contributed by atoms with Gasteiger partial charge >= 0.3 is 0 Å². The molecule has 1 amide bonds. The zero-order valence-corrected chi connectivity index (χ0v) is 14.4. The van der Waals surface area contributed by atoms with Gasteiger partial charge in [0.25, 0.3) is 5.91 Å². The number of anilines is 1. The number of ether oxygens (including phenoxy) is 1. The zero-order valence-electron chi connectivity index (χ0n) is 12.8. The number of hydrogen-bond acceptors (Lipinski definition) is 5. The summed E-state index contributed by atoms with van der Waals surface area (Å²) >= 11 is 3.03. The van der Waals surface area contributed by atoms with Crippen molar-refractivity contribution >= 4 is 33.7 Å². The van der Waals surface area contributed by atoms with E-state index in [0.29, 0.717) is 10.9 Å². The lowest BCUT2D eigenvalue weighted by atomic mass is 10.2. The fraction of sp³-hybridized carbons (Fsp3) is 0.176. The second-order valence-electron chi connectivity index (χ2n) is 5.08. The number of carbonyl (C=O) groups is 1. The van der Waals surface area contributed by atoms with Gasteiger partial charge in [0, 0.05) is 5.38 Å². The van der Waals surface area contributed by atoms with Gasteiger partial charge in [0.05, 0.1) is 10.6 Å². The summed E-state index contributed by atoms with van der Waals surface area (Å²) in [6.07, 6.45) is -0.592. The van der Waals surface area contributed by atoms with Crippen molar-refractivity contribution in [3.63, 3.8) is 0 Å². The Labute approximate surface area is 142 Å². The van der Waals surface area contributed by atoms with Gasteiger partial charge in [-0.1, -0.05) is 18.2 Å². The first-order valence-corrected chi connectivity index (χ1v) is 8.91. The fourth-order valence-corrected chi connectivity index (χ4v) is 3.50. The molecule has 118 valence electrons. The van der Waals surface area contributed by atoms with E-state index in [0.717, 1.165) is 16.1 Å². The lowest BCUT2D eigenvalue weighted by molar-refractivity contribution is -0.122. The summed E-state index contributed by atoms with van der Waals surface area (Å²) in [4.78, 5) is 17.8. The van der Waals surface area contributed by atoms with E-state index in [4.69, 9.17) is 4.74 Å². The molecule has 1 N–H and O–H groups in total. The standard InChI is InChI=1S/C17H16N2O2S2/c1-11-5-3-6-13(9-11)21-12(2)16(20)19-17-18-14(10-23-17)15-7-4-8-22-15/h3-10,12H,1-2H3,(H,18,19,20)/t12-/m0/s1. The van der Waals surface area contributed by atoms with Crippen LogP contribution in [-0.2, 0) is 4.79 Å². The zero-order chi connectivity index (χ0) is 16.2. The summed E-state index contributed by atoms with van der Waals surface area (Å²) in [5.41, 5.74) is 1.98. The monoisotopic (exact) mass is 344 g/mol. The van der Waals surface area contributed by atoms with E-state index >= 15 is 0 Å². The normalized spacial score (nSPS) is 11.9. The Morgan fingerprint density at radius 2 is 2.13 bits per heavy atom. The highest BCUT2D eigenvalue weighted by Crippen LogP contribution is 2.28. The van der Waals surface area contributed by atoms with Gasteiger partial charge in [-0.2, -0.15) is 0 Å². The largest absolute Gasteiger partial charge is 0.481 e. The van der Waals surface area contributed by atoms with Crippen LogP contribution in [0.3, 0.4) is 0 Å². The average Bonchev–Trinajstić information content (AvgIpc) is 3.17. The average molecular weight is 344 g/mol. The molecule has 3 aromatic rings. The summed E-state index contributed by atoms with van der Waals surface area (Å²) in [5, 5.41) is 7.33. The summed E-state index contributed by atoms with van der Waals surface area (Å²) in [7, 11) is 0. The van der Waals surface area contributed by atoms with Crippen LogP contribution < -0.4 is 10.1 Å². The number of thiazole rings is 1. The highest BCUT2D eigenvalue weighted by atomic mass is 32.1. The van der Waals surface area contributed by atoms with Crippen LogP contribution in [0.4, 0.5) is 5.13 Å². The summed E-state index contributed by atoms with van der Waals surface area (Å²) in [6.45, 7) is 3.71. The molecule has 0 aliphatic carbocycles. The van der Waals surface area contributed by atoms with Crippen LogP contribution in [0.15, 0.2) is 47.2 Å². The molecule has 0 saturated carbocycles. The minimum Gasteiger partial charge on any atom is -0.481 e. The van der Waals surface area contributed by atoms with Crippen LogP contribution in [0.2, 0.25) is 0 Å². The number of amides is 1. The Morgan fingerprint density at radius 1 is 1.26 bits per heavy atom. The molecule has 3 rings (SSSR count). The van der Waals surface area contributed by atoms with E-state index < -0.39 is 6.10 Å². The molecule has 23 heavy (non-hydrogen) atoms. The van der Waals surface area contributed by atoms with Crippen LogP contribution in [-0.4, -0.2) is 17.0 Å². The molecule has 0 unspecified atom stereocenters. The van der Waals surface area contributed by atoms with Gasteiger partial charge < -0.3 is 4.74 Å². The molecule has 0 spiro atoms. The molecule has 0 aliphatic rings. The third-order valence-electron chi connectivity index (χ3n) is 3.18. The number of benzene rings is 1. The van der Waals surface area contributed by atoms with Crippen LogP contribution >= 0.6 is 22.7 Å². The topological polar surface area (TPSA) is 51.2 Å². The molecule has 0 fully saturated rings. The number of aryl methyl sites for hydroxylation is 1. The van der Waals surface area contributed by atoms with E-state index in [1.165, 1.54) is 11.3 Å². The molecular formula is C17H16N2O2S2. The van der Waals surface area contributed by atoms with Gasteiger partial charge in [-0.05, 0) is 43.0 Å². The molecule has 4 nitrogen and oxygen atoms in total. The van der Waals surface area contributed by atoms with Crippen molar-refractivity contribution in [2.24, 2.45) is 0 Å². The van der Waals surface area contributed by atoms with Gasteiger partial charge in [0.1, 0.15) is 5.75 Å². The summed E-state index contributed by atoms with van der Waals surface area (Å²) in [5.74, 6) is 0.477. The first-order chi connectivity index (χ1) is 11.1. The number of thiophene rings is 1. The van der Waals surface area contributed by atoms with Crippen molar-refractivity contribution in [1.29, 1.82) is 0 Å². The fourth-order valence-electron chi connectivity index (χ4n) is 2.02.